The van der Waals surface area contributed by atoms with Gasteiger partial charge in [-0.05, 0) is 17.7 Å². The van der Waals surface area contributed by atoms with Crippen molar-refractivity contribution < 1.29 is 19.2 Å². The third-order valence-electron chi connectivity index (χ3n) is 4.48. The first kappa shape index (κ1) is 18.6. The van der Waals surface area contributed by atoms with Crippen molar-refractivity contribution in [3.05, 3.63) is 93.7 Å². The summed E-state index contributed by atoms with van der Waals surface area (Å²) >= 11 is 0. The van der Waals surface area contributed by atoms with E-state index in [1.54, 1.807) is 35.9 Å². The van der Waals surface area contributed by atoms with Gasteiger partial charge in [0.1, 0.15) is 19.0 Å². The van der Waals surface area contributed by atoms with Crippen molar-refractivity contribution in [1.29, 1.82) is 0 Å². The number of carbonyl (C=O) groups excluding carboxylic acids is 2. The lowest BCUT2D eigenvalue weighted by Crippen LogP contribution is -2.31. The fraction of sp³-hybridized carbons (Fsp3) is 0.143. The number of hydrogen-bond acceptors (Lipinski definition) is 6. The molecule has 3 aromatic rings. The molecule has 0 aliphatic carbocycles. The van der Waals surface area contributed by atoms with E-state index in [1.807, 2.05) is 30.3 Å². The summed E-state index contributed by atoms with van der Waals surface area (Å²) in [5.74, 6) is -0.740. The van der Waals surface area contributed by atoms with Crippen LogP contribution in [0.5, 0.6) is 5.75 Å². The van der Waals surface area contributed by atoms with E-state index < -0.39 is 17.4 Å². The summed E-state index contributed by atoms with van der Waals surface area (Å²) in [4.78, 5) is 46.2. The number of hydrogen-bond donors (Lipinski definition) is 0. The molecule has 4 rings (SSSR count). The summed E-state index contributed by atoms with van der Waals surface area (Å²) in [6.45, 7) is 0.0127. The summed E-state index contributed by atoms with van der Waals surface area (Å²) in [5.41, 5.74) is 0.931. The molecule has 0 radical (unpaired) electrons. The zero-order valence-corrected chi connectivity index (χ0v) is 15.6. The van der Waals surface area contributed by atoms with Gasteiger partial charge in [-0.2, -0.15) is 4.98 Å². The van der Waals surface area contributed by atoms with Crippen molar-refractivity contribution in [2.75, 3.05) is 0 Å². The van der Waals surface area contributed by atoms with Crippen molar-refractivity contribution in [2.24, 2.45) is 7.05 Å². The number of aryl methyl sites for hydroxylation is 1. The molecule has 0 saturated heterocycles. The zero-order chi connectivity index (χ0) is 20.4. The molecule has 2 aromatic carbocycles. The second-order valence-corrected chi connectivity index (χ2v) is 6.44. The minimum absolute atomic E-state index is 0.0980. The third kappa shape index (κ3) is 3.65. The lowest BCUT2D eigenvalue weighted by molar-refractivity contribution is -0.103. The molecule has 2 heterocycles. The number of rotatable bonds is 6. The van der Waals surface area contributed by atoms with E-state index in [4.69, 9.17) is 9.57 Å². The van der Waals surface area contributed by atoms with Crippen molar-refractivity contribution >= 4 is 11.8 Å². The molecule has 0 spiro atoms. The van der Waals surface area contributed by atoms with Gasteiger partial charge in [-0.1, -0.05) is 42.5 Å². The number of nitrogens with zero attached hydrogens (tertiary/aromatic N) is 3. The van der Waals surface area contributed by atoms with Gasteiger partial charge in [-0.3, -0.25) is 19.2 Å². The van der Waals surface area contributed by atoms with Gasteiger partial charge in [0.05, 0.1) is 17.3 Å². The quantitative estimate of drug-likeness (QED) is 0.598. The van der Waals surface area contributed by atoms with Gasteiger partial charge in [0, 0.05) is 7.05 Å². The molecule has 1 aromatic heterocycles. The maximum Gasteiger partial charge on any atom is 0.315 e. The van der Waals surface area contributed by atoms with Gasteiger partial charge >= 0.3 is 5.56 Å². The van der Waals surface area contributed by atoms with Crippen LogP contribution in [-0.2, 0) is 25.1 Å². The van der Waals surface area contributed by atoms with Gasteiger partial charge < -0.3 is 9.30 Å². The molecule has 0 atom stereocenters. The topological polar surface area (TPSA) is 90.7 Å². The van der Waals surface area contributed by atoms with Crippen LogP contribution in [0.15, 0.2) is 65.6 Å². The van der Waals surface area contributed by atoms with E-state index in [0.717, 1.165) is 5.56 Å². The number of carbonyl (C=O) groups is 2. The molecule has 0 bridgehead atoms. The predicted molar refractivity (Wildman–Crippen MR) is 102 cm³/mol. The minimum atomic E-state index is -0.556. The smallest absolute Gasteiger partial charge is 0.315 e. The fourth-order valence-corrected chi connectivity index (χ4v) is 2.93. The van der Waals surface area contributed by atoms with Crippen LogP contribution in [0.3, 0.4) is 0 Å². The number of benzene rings is 2. The van der Waals surface area contributed by atoms with E-state index in [9.17, 15) is 14.4 Å². The van der Waals surface area contributed by atoms with E-state index in [0.29, 0.717) is 5.06 Å². The molecule has 1 aliphatic heterocycles. The molecule has 0 N–H and O–H groups in total. The zero-order valence-electron chi connectivity index (χ0n) is 15.6. The SMILES string of the molecule is Cn1cc(OCc2ccccc2)c(=O)nc1CON1C(=O)c2ccccc2C1=O. The molecule has 29 heavy (non-hydrogen) atoms. The van der Waals surface area contributed by atoms with Crippen LogP contribution in [0.2, 0.25) is 0 Å². The van der Waals surface area contributed by atoms with E-state index in [-0.39, 0.29) is 35.9 Å². The highest BCUT2D eigenvalue weighted by molar-refractivity contribution is 6.20. The molecule has 146 valence electrons. The van der Waals surface area contributed by atoms with E-state index in [1.165, 1.54) is 6.20 Å². The molecule has 8 heteroatoms. The highest BCUT2D eigenvalue weighted by Crippen LogP contribution is 2.23. The Hall–Kier alpha value is -3.78. The molecule has 0 saturated carbocycles. The maximum atomic E-state index is 12.3. The Morgan fingerprint density at radius 3 is 2.14 bits per heavy atom. The first-order chi connectivity index (χ1) is 14.0. The number of ether oxygens (including phenoxy) is 1. The molecule has 0 unspecified atom stereocenters. The number of imide groups is 1. The monoisotopic (exact) mass is 391 g/mol. The Morgan fingerprint density at radius 2 is 1.48 bits per heavy atom. The van der Waals surface area contributed by atoms with Crippen LogP contribution < -0.4 is 10.3 Å². The first-order valence-corrected chi connectivity index (χ1v) is 8.88. The molecule has 2 amide bonds. The summed E-state index contributed by atoms with van der Waals surface area (Å²) in [7, 11) is 1.67. The number of hydroxylamine groups is 2. The van der Waals surface area contributed by atoms with Crippen LogP contribution in [0.4, 0.5) is 0 Å². The second kappa shape index (κ2) is 7.69. The molecule has 1 aliphatic rings. The van der Waals surface area contributed by atoms with Gasteiger partial charge in [0.15, 0.2) is 0 Å². The predicted octanol–water partition coefficient (Wildman–Crippen LogP) is 2.09. The van der Waals surface area contributed by atoms with Gasteiger partial charge in [-0.15, -0.1) is 5.06 Å². The Bertz CT molecular complexity index is 1110. The van der Waals surface area contributed by atoms with Crippen molar-refractivity contribution in [1.82, 2.24) is 14.6 Å². The van der Waals surface area contributed by atoms with Crippen LogP contribution >= 0.6 is 0 Å². The summed E-state index contributed by atoms with van der Waals surface area (Å²) < 4.78 is 7.11. The normalized spacial score (nSPS) is 12.9. The lowest BCUT2D eigenvalue weighted by Gasteiger charge is -2.15. The van der Waals surface area contributed by atoms with E-state index in [2.05, 4.69) is 4.98 Å². The Morgan fingerprint density at radius 1 is 0.862 bits per heavy atom. The Labute approximate surface area is 165 Å². The van der Waals surface area contributed by atoms with E-state index >= 15 is 0 Å². The number of fused-ring (bicyclic) bond motifs is 1. The van der Waals surface area contributed by atoms with Crippen molar-refractivity contribution in [2.45, 2.75) is 13.2 Å². The number of aromatic nitrogens is 2. The largest absolute Gasteiger partial charge is 0.482 e. The Kier molecular flexibility index (Phi) is 4.92. The number of amides is 2. The first-order valence-electron chi connectivity index (χ1n) is 8.88. The molecule has 0 fully saturated rings. The molecular weight excluding hydrogens is 374 g/mol. The van der Waals surface area contributed by atoms with Crippen LogP contribution in [0.1, 0.15) is 32.1 Å². The van der Waals surface area contributed by atoms with Gasteiger partial charge in [0.2, 0.25) is 5.75 Å². The Balaban J connectivity index is 1.45. The molecular formula is C21H17N3O5. The van der Waals surface area contributed by atoms with Gasteiger partial charge in [0.25, 0.3) is 11.8 Å². The molecule has 8 nitrogen and oxygen atoms in total. The average Bonchev–Trinajstić information content (AvgIpc) is 2.98. The van der Waals surface area contributed by atoms with Crippen LogP contribution in [0, 0.1) is 0 Å². The standard InChI is InChI=1S/C21H17N3O5/c1-23-11-17(28-12-14-7-3-2-4-8-14)19(25)22-18(23)13-29-24-20(26)15-9-5-6-10-16(15)21(24)27/h2-11H,12-13H2,1H3. The average molecular weight is 391 g/mol. The summed E-state index contributed by atoms with van der Waals surface area (Å²) in [5, 5.41) is 0.691. The minimum Gasteiger partial charge on any atom is -0.482 e. The highest BCUT2D eigenvalue weighted by Gasteiger charge is 2.36. The van der Waals surface area contributed by atoms with Gasteiger partial charge in [-0.25, -0.2) is 0 Å². The fourth-order valence-electron chi connectivity index (χ4n) is 2.93. The lowest BCUT2D eigenvalue weighted by atomic mass is 10.1. The highest BCUT2D eigenvalue weighted by atomic mass is 16.7. The van der Waals surface area contributed by atoms with Crippen LogP contribution in [0.25, 0.3) is 0 Å². The summed E-state index contributed by atoms with van der Waals surface area (Å²) in [6, 6.07) is 15.9. The van der Waals surface area contributed by atoms with Crippen LogP contribution in [-0.4, -0.2) is 26.4 Å². The summed E-state index contributed by atoms with van der Waals surface area (Å²) in [6.07, 6.45) is 1.50. The third-order valence-corrected chi connectivity index (χ3v) is 4.48. The van der Waals surface area contributed by atoms with Crippen molar-refractivity contribution in [3.8, 4) is 5.75 Å². The second-order valence-electron chi connectivity index (χ2n) is 6.44. The van der Waals surface area contributed by atoms with Crippen molar-refractivity contribution in [3.63, 3.8) is 0 Å². The maximum absolute atomic E-state index is 12.3.